The number of ether oxygens (including phenoxy) is 1. The highest BCUT2D eigenvalue weighted by atomic mass is 35.5. The normalized spacial score (nSPS) is 21.7. The van der Waals surface area contributed by atoms with Gasteiger partial charge in [-0.1, -0.05) is 0 Å². The van der Waals surface area contributed by atoms with Crippen molar-refractivity contribution >= 4 is 17.5 Å². The second-order valence-electron chi connectivity index (χ2n) is 3.59. The summed E-state index contributed by atoms with van der Waals surface area (Å²) in [4.78, 5) is 10.7. The Morgan fingerprint density at radius 3 is 3.27 bits per heavy atom. The number of nitrogens with zero attached hydrogens (tertiary/aromatic N) is 3. The van der Waals surface area contributed by atoms with Gasteiger partial charge in [0.25, 0.3) is 0 Å². The highest BCUT2D eigenvalue weighted by molar-refractivity contribution is 6.18. The molecule has 15 heavy (non-hydrogen) atoms. The van der Waals surface area contributed by atoms with E-state index >= 15 is 0 Å². The van der Waals surface area contributed by atoms with E-state index < -0.39 is 0 Å². The molecule has 0 saturated carbocycles. The van der Waals surface area contributed by atoms with Crippen LogP contribution in [0.15, 0.2) is 12.3 Å². The number of hydrogen-bond donors (Lipinski definition) is 0. The van der Waals surface area contributed by atoms with Crippen LogP contribution in [0.2, 0.25) is 0 Å². The molecule has 5 heteroatoms. The van der Waals surface area contributed by atoms with Crippen LogP contribution in [0, 0.1) is 6.92 Å². The van der Waals surface area contributed by atoms with E-state index in [1.165, 1.54) is 0 Å². The number of rotatable bonds is 2. The maximum absolute atomic E-state index is 5.77. The molecule has 1 aliphatic heterocycles. The van der Waals surface area contributed by atoms with Crippen molar-refractivity contribution in [1.29, 1.82) is 0 Å². The molecule has 0 N–H and O–H groups in total. The van der Waals surface area contributed by atoms with Gasteiger partial charge in [-0.2, -0.15) is 0 Å². The Kier molecular flexibility index (Phi) is 3.38. The Labute approximate surface area is 94.2 Å². The maximum atomic E-state index is 5.77. The van der Waals surface area contributed by atoms with Gasteiger partial charge in [0, 0.05) is 25.0 Å². The second kappa shape index (κ2) is 4.77. The lowest BCUT2D eigenvalue weighted by Gasteiger charge is -2.31. The minimum Gasteiger partial charge on any atom is -0.373 e. The van der Waals surface area contributed by atoms with Gasteiger partial charge in [-0.3, -0.25) is 0 Å². The van der Waals surface area contributed by atoms with Crippen LogP contribution in [0.25, 0.3) is 0 Å². The first-order valence-corrected chi connectivity index (χ1v) is 5.55. The second-order valence-corrected chi connectivity index (χ2v) is 3.90. The van der Waals surface area contributed by atoms with E-state index in [-0.39, 0.29) is 6.10 Å². The third-order valence-corrected chi connectivity index (χ3v) is 2.72. The molecule has 0 bridgehead atoms. The van der Waals surface area contributed by atoms with Gasteiger partial charge in [-0.15, -0.1) is 11.6 Å². The number of halogens is 1. The molecule has 0 aliphatic carbocycles. The molecule has 4 nitrogen and oxygen atoms in total. The molecule has 0 radical (unpaired) electrons. The smallest absolute Gasteiger partial charge is 0.225 e. The molecule has 1 aromatic rings. The molecule has 1 saturated heterocycles. The monoisotopic (exact) mass is 227 g/mol. The molecule has 2 heterocycles. The van der Waals surface area contributed by atoms with Crippen molar-refractivity contribution in [1.82, 2.24) is 9.97 Å². The summed E-state index contributed by atoms with van der Waals surface area (Å²) < 4.78 is 5.48. The zero-order valence-corrected chi connectivity index (χ0v) is 9.44. The van der Waals surface area contributed by atoms with Gasteiger partial charge in [0.1, 0.15) is 0 Å². The van der Waals surface area contributed by atoms with Crippen LogP contribution < -0.4 is 4.90 Å². The minimum atomic E-state index is 0.0875. The summed E-state index contributed by atoms with van der Waals surface area (Å²) in [5, 5.41) is 0. The van der Waals surface area contributed by atoms with Gasteiger partial charge in [0.15, 0.2) is 0 Å². The van der Waals surface area contributed by atoms with E-state index in [0.29, 0.717) is 12.5 Å². The fourth-order valence-electron chi connectivity index (χ4n) is 1.58. The van der Waals surface area contributed by atoms with Crippen LogP contribution >= 0.6 is 11.6 Å². The van der Waals surface area contributed by atoms with Crippen molar-refractivity contribution in [3.8, 4) is 0 Å². The van der Waals surface area contributed by atoms with Crippen LogP contribution in [0.5, 0.6) is 0 Å². The molecule has 1 aromatic heterocycles. The Balaban J connectivity index is 2.09. The average Bonchev–Trinajstić information content (AvgIpc) is 2.29. The molecule has 82 valence electrons. The highest BCUT2D eigenvalue weighted by Crippen LogP contribution is 2.13. The fraction of sp³-hybridized carbons (Fsp3) is 0.600. The molecule has 0 aromatic carbocycles. The Hall–Kier alpha value is -0.870. The first-order chi connectivity index (χ1) is 7.29. The van der Waals surface area contributed by atoms with Crippen molar-refractivity contribution in [3.05, 3.63) is 18.0 Å². The first kappa shape index (κ1) is 10.6. The number of hydrogen-bond acceptors (Lipinski definition) is 4. The number of aryl methyl sites for hydroxylation is 1. The Morgan fingerprint density at radius 2 is 2.53 bits per heavy atom. The molecule has 1 unspecified atom stereocenters. The highest BCUT2D eigenvalue weighted by Gasteiger charge is 2.21. The minimum absolute atomic E-state index is 0.0875. The lowest BCUT2D eigenvalue weighted by Crippen LogP contribution is -2.44. The zero-order chi connectivity index (χ0) is 10.7. The first-order valence-electron chi connectivity index (χ1n) is 5.02. The van der Waals surface area contributed by atoms with E-state index in [1.807, 2.05) is 13.0 Å². The van der Waals surface area contributed by atoms with Crippen molar-refractivity contribution in [3.63, 3.8) is 0 Å². The summed E-state index contributed by atoms with van der Waals surface area (Å²) in [6.07, 6.45) is 1.87. The number of aromatic nitrogens is 2. The Morgan fingerprint density at radius 1 is 1.67 bits per heavy atom. The predicted molar refractivity (Wildman–Crippen MR) is 59.4 cm³/mol. The Bertz CT molecular complexity index is 334. The van der Waals surface area contributed by atoms with Crippen molar-refractivity contribution in [2.24, 2.45) is 0 Å². The van der Waals surface area contributed by atoms with Crippen LogP contribution in [-0.2, 0) is 4.74 Å². The standard InChI is InChI=1S/C10H14ClN3O/c1-8-2-3-12-10(13-8)14-4-5-15-9(6-11)7-14/h2-3,9H,4-7H2,1H3. The maximum Gasteiger partial charge on any atom is 0.225 e. The van der Waals surface area contributed by atoms with E-state index in [4.69, 9.17) is 16.3 Å². The SMILES string of the molecule is Cc1ccnc(N2CCOC(CCl)C2)n1. The third kappa shape index (κ3) is 2.58. The summed E-state index contributed by atoms with van der Waals surface area (Å²) in [5.41, 5.74) is 0.980. The predicted octanol–water partition coefficient (Wildman–Crippen LogP) is 1.23. The van der Waals surface area contributed by atoms with E-state index in [1.54, 1.807) is 6.20 Å². The fourth-order valence-corrected chi connectivity index (χ4v) is 1.77. The number of alkyl halides is 1. The van der Waals surface area contributed by atoms with Gasteiger partial charge in [0.05, 0.1) is 18.6 Å². The quantitative estimate of drug-likeness (QED) is 0.713. The lowest BCUT2D eigenvalue weighted by molar-refractivity contribution is 0.0548. The summed E-state index contributed by atoms with van der Waals surface area (Å²) in [5.74, 6) is 1.29. The largest absolute Gasteiger partial charge is 0.373 e. The summed E-state index contributed by atoms with van der Waals surface area (Å²) in [7, 11) is 0. The molecular formula is C10H14ClN3O. The van der Waals surface area contributed by atoms with Crippen molar-refractivity contribution < 1.29 is 4.74 Å². The third-order valence-electron chi connectivity index (χ3n) is 2.38. The number of anilines is 1. The molecule has 1 atom stereocenters. The molecule has 0 spiro atoms. The van der Waals surface area contributed by atoms with Crippen LogP contribution in [0.3, 0.4) is 0 Å². The van der Waals surface area contributed by atoms with Gasteiger partial charge in [0.2, 0.25) is 5.95 Å². The molecule has 0 amide bonds. The topological polar surface area (TPSA) is 38.2 Å². The van der Waals surface area contributed by atoms with Crippen LogP contribution in [0.1, 0.15) is 5.69 Å². The van der Waals surface area contributed by atoms with Gasteiger partial charge >= 0.3 is 0 Å². The molecule has 1 fully saturated rings. The summed E-state index contributed by atoms with van der Waals surface area (Å²) in [6.45, 7) is 4.25. The van der Waals surface area contributed by atoms with Gasteiger partial charge in [-0.05, 0) is 13.0 Å². The van der Waals surface area contributed by atoms with Crippen LogP contribution in [-0.4, -0.2) is 41.6 Å². The average molecular weight is 228 g/mol. The molecule has 1 aliphatic rings. The van der Waals surface area contributed by atoms with E-state index in [9.17, 15) is 0 Å². The van der Waals surface area contributed by atoms with E-state index in [2.05, 4.69) is 14.9 Å². The van der Waals surface area contributed by atoms with Crippen LogP contribution in [0.4, 0.5) is 5.95 Å². The lowest BCUT2D eigenvalue weighted by atomic mass is 10.3. The summed E-state index contributed by atoms with van der Waals surface area (Å²) in [6, 6.07) is 1.89. The van der Waals surface area contributed by atoms with Gasteiger partial charge < -0.3 is 9.64 Å². The van der Waals surface area contributed by atoms with E-state index in [0.717, 1.165) is 24.7 Å². The molecular weight excluding hydrogens is 214 g/mol. The van der Waals surface area contributed by atoms with Gasteiger partial charge in [-0.25, -0.2) is 9.97 Å². The zero-order valence-electron chi connectivity index (χ0n) is 8.69. The number of morpholine rings is 1. The molecule has 2 rings (SSSR count). The summed E-state index contributed by atoms with van der Waals surface area (Å²) >= 11 is 5.77. The van der Waals surface area contributed by atoms with Crippen molar-refractivity contribution in [2.45, 2.75) is 13.0 Å². The van der Waals surface area contributed by atoms with Crippen molar-refractivity contribution in [2.75, 3.05) is 30.5 Å².